The highest BCUT2D eigenvalue weighted by Crippen LogP contribution is 2.04. The zero-order valence-electron chi connectivity index (χ0n) is 6.99. The summed E-state index contributed by atoms with van der Waals surface area (Å²) in [4.78, 5) is 0. The van der Waals surface area contributed by atoms with E-state index in [9.17, 15) is 0 Å². The smallest absolute Gasteiger partial charge is 0.00367 e. The zero-order chi connectivity index (χ0) is 8.10. The fraction of sp³-hybridized carbons (Fsp3) is 0.200. The Bertz CT molecular complexity index is 228. The largest absolute Gasteiger partial charge is 0.330 e. The van der Waals surface area contributed by atoms with Crippen LogP contribution >= 0.6 is 17.0 Å². The van der Waals surface area contributed by atoms with Gasteiger partial charge in [0.25, 0.3) is 0 Å². The summed E-state index contributed by atoms with van der Waals surface area (Å²) in [6.07, 6.45) is 2.80. The summed E-state index contributed by atoms with van der Waals surface area (Å²) >= 11 is 0. The van der Waals surface area contributed by atoms with Crippen molar-refractivity contribution in [3.05, 3.63) is 42.0 Å². The van der Waals surface area contributed by atoms with Crippen LogP contribution in [0.2, 0.25) is 0 Å². The van der Waals surface area contributed by atoms with Crippen molar-refractivity contribution >= 4 is 23.1 Å². The van der Waals surface area contributed by atoms with E-state index in [-0.39, 0.29) is 17.0 Å². The zero-order valence-corrected chi connectivity index (χ0v) is 8.71. The quantitative estimate of drug-likeness (QED) is 0.844. The van der Waals surface area contributed by atoms with E-state index in [1.54, 1.807) is 0 Å². The van der Waals surface area contributed by atoms with Crippen LogP contribution in [0.1, 0.15) is 11.1 Å². The van der Waals surface area contributed by atoms with Crippen LogP contribution in [0.15, 0.2) is 30.8 Å². The first-order valence-corrected chi connectivity index (χ1v) is 3.78. The number of hydrogen-bond donors (Lipinski definition) is 1. The van der Waals surface area contributed by atoms with E-state index in [1.165, 1.54) is 5.56 Å². The first-order valence-electron chi connectivity index (χ1n) is 3.78. The lowest BCUT2D eigenvalue weighted by Gasteiger charge is -1.97. The molecule has 0 bridgehead atoms. The Morgan fingerprint density at radius 2 is 1.83 bits per heavy atom. The molecule has 2 N–H and O–H groups in total. The van der Waals surface area contributed by atoms with Crippen LogP contribution in [0.3, 0.4) is 0 Å². The maximum absolute atomic E-state index is 5.41. The van der Waals surface area contributed by atoms with Gasteiger partial charge in [-0.25, -0.2) is 0 Å². The van der Waals surface area contributed by atoms with Gasteiger partial charge in [-0.3, -0.25) is 0 Å². The predicted octanol–water partition coefficient (Wildman–Crippen LogP) is 2.41. The summed E-state index contributed by atoms with van der Waals surface area (Å²) in [6.45, 7) is 4.40. The molecule has 1 nitrogen and oxygen atoms in total. The molecule has 1 aromatic carbocycles. The lowest BCUT2D eigenvalue weighted by Crippen LogP contribution is -2.02. The van der Waals surface area contributed by atoms with Crippen LogP contribution in [0, 0.1) is 0 Å². The van der Waals surface area contributed by atoms with Crippen molar-refractivity contribution < 1.29 is 0 Å². The summed E-state index contributed by atoms with van der Waals surface area (Å²) < 4.78 is 0. The van der Waals surface area contributed by atoms with Crippen LogP contribution in [-0.2, 0) is 6.42 Å². The molecule has 0 spiro atoms. The summed E-state index contributed by atoms with van der Waals surface area (Å²) in [6, 6.07) is 8.28. The van der Waals surface area contributed by atoms with Gasteiger partial charge in [-0.2, -0.15) is 0 Å². The third-order valence-electron chi connectivity index (χ3n) is 1.65. The molecule has 1 rings (SSSR count). The molecular weight excluding hydrogens is 214 g/mol. The minimum Gasteiger partial charge on any atom is -0.330 e. The van der Waals surface area contributed by atoms with Crippen molar-refractivity contribution in [3.63, 3.8) is 0 Å². The summed E-state index contributed by atoms with van der Waals surface area (Å²) in [5.74, 6) is 0. The molecule has 0 fully saturated rings. The number of hydrogen-bond acceptors (Lipinski definition) is 1. The van der Waals surface area contributed by atoms with Gasteiger partial charge in [-0.15, -0.1) is 17.0 Å². The van der Waals surface area contributed by atoms with Gasteiger partial charge in [0, 0.05) is 0 Å². The minimum atomic E-state index is 0. The van der Waals surface area contributed by atoms with Crippen LogP contribution in [0.4, 0.5) is 0 Å². The van der Waals surface area contributed by atoms with Gasteiger partial charge >= 0.3 is 0 Å². The summed E-state index contributed by atoms with van der Waals surface area (Å²) in [5, 5.41) is 0. The molecule has 0 aliphatic carbocycles. The van der Waals surface area contributed by atoms with Gasteiger partial charge in [0.2, 0.25) is 0 Å². The molecule has 0 saturated heterocycles. The van der Waals surface area contributed by atoms with Gasteiger partial charge in [-0.1, -0.05) is 36.9 Å². The van der Waals surface area contributed by atoms with E-state index >= 15 is 0 Å². The molecule has 1 aromatic rings. The maximum atomic E-state index is 5.41. The molecule has 0 amide bonds. The summed E-state index contributed by atoms with van der Waals surface area (Å²) in [5.41, 5.74) is 7.86. The van der Waals surface area contributed by atoms with E-state index in [2.05, 4.69) is 30.8 Å². The molecule has 0 aliphatic heterocycles. The normalized spacial score (nSPS) is 8.75. The highest BCUT2D eigenvalue weighted by Gasteiger charge is 1.89. The lowest BCUT2D eigenvalue weighted by molar-refractivity contribution is 0.969. The molecule has 0 aliphatic rings. The van der Waals surface area contributed by atoms with Gasteiger partial charge in [-0.05, 0) is 24.1 Å². The lowest BCUT2D eigenvalue weighted by atomic mass is 10.1. The molecule has 66 valence electrons. The fourth-order valence-electron chi connectivity index (χ4n) is 0.987. The van der Waals surface area contributed by atoms with Crippen molar-refractivity contribution in [2.24, 2.45) is 5.73 Å². The first-order chi connectivity index (χ1) is 5.36. The van der Waals surface area contributed by atoms with Gasteiger partial charge in [0.05, 0.1) is 0 Å². The van der Waals surface area contributed by atoms with Gasteiger partial charge in [0.15, 0.2) is 0 Å². The summed E-state index contributed by atoms with van der Waals surface area (Å²) in [7, 11) is 0. The highest BCUT2D eigenvalue weighted by atomic mass is 79.9. The number of benzene rings is 1. The Kier molecular flexibility index (Phi) is 5.68. The minimum absolute atomic E-state index is 0. The molecule has 0 unspecified atom stereocenters. The van der Waals surface area contributed by atoms with Crippen LogP contribution < -0.4 is 5.73 Å². The first kappa shape index (κ1) is 11.4. The third kappa shape index (κ3) is 3.20. The SMILES string of the molecule is Br.C=Cc1ccc(CCN)cc1. The second kappa shape index (κ2) is 5.98. The van der Waals surface area contributed by atoms with Crippen molar-refractivity contribution in [2.75, 3.05) is 6.54 Å². The second-order valence-electron chi connectivity index (χ2n) is 2.48. The van der Waals surface area contributed by atoms with E-state index in [0.717, 1.165) is 12.0 Å². The molecule has 0 aromatic heterocycles. The third-order valence-corrected chi connectivity index (χ3v) is 1.65. The highest BCUT2D eigenvalue weighted by molar-refractivity contribution is 8.93. The van der Waals surface area contributed by atoms with Crippen molar-refractivity contribution in [1.29, 1.82) is 0 Å². The number of halogens is 1. The fourth-order valence-corrected chi connectivity index (χ4v) is 0.987. The second-order valence-corrected chi connectivity index (χ2v) is 2.48. The number of nitrogens with two attached hydrogens (primary N) is 1. The molecule has 12 heavy (non-hydrogen) atoms. The van der Waals surface area contributed by atoms with Crippen molar-refractivity contribution in [3.8, 4) is 0 Å². The van der Waals surface area contributed by atoms with Gasteiger partial charge < -0.3 is 5.73 Å². The van der Waals surface area contributed by atoms with Crippen LogP contribution in [-0.4, -0.2) is 6.54 Å². The van der Waals surface area contributed by atoms with Crippen molar-refractivity contribution in [1.82, 2.24) is 0 Å². The molecule has 0 atom stereocenters. The molecular formula is C10H14BrN. The Morgan fingerprint density at radius 1 is 1.25 bits per heavy atom. The average molecular weight is 228 g/mol. The van der Waals surface area contributed by atoms with E-state index in [1.807, 2.05) is 6.08 Å². The average Bonchev–Trinajstić information content (AvgIpc) is 2.07. The van der Waals surface area contributed by atoms with E-state index < -0.39 is 0 Å². The molecule has 0 heterocycles. The molecule has 0 radical (unpaired) electrons. The molecule has 2 heteroatoms. The Morgan fingerprint density at radius 3 is 2.25 bits per heavy atom. The van der Waals surface area contributed by atoms with Crippen molar-refractivity contribution in [2.45, 2.75) is 6.42 Å². The Hall–Kier alpha value is -0.600. The van der Waals surface area contributed by atoms with E-state index in [4.69, 9.17) is 5.73 Å². The number of rotatable bonds is 3. The maximum Gasteiger partial charge on any atom is -0.00367 e. The predicted molar refractivity (Wildman–Crippen MR) is 59.6 cm³/mol. The molecule has 0 saturated carbocycles. The topological polar surface area (TPSA) is 26.0 Å². The Balaban J connectivity index is 0.00000121. The van der Waals surface area contributed by atoms with Gasteiger partial charge in [0.1, 0.15) is 0 Å². The van der Waals surface area contributed by atoms with Crippen LogP contribution in [0.25, 0.3) is 6.08 Å². The van der Waals surface area contributed by atoms with E-state index in [0.29, 0.717) is 6.54 Å². The monoisotopic (exact) mass is 227 g/mol. The standard InChI is InChI=1S/C10H13N.BrH/c1-2-9-3-5-10(6-4-9)7-8-11;/h2-6H,1,7-8,11H2;1H. The Labute approximate surface area is 84.1 Å². The van der Waals surface area contributed by atoms with Crippen LogP contribution in [0.5, 0.6) is 0 Å².